The maximum atomic E-state index is 5.15. The van der Waals surface area contributed by atoms with Crippen molar-refractivity contribution in [3.05, 3.63) is 35.4 Å². The molecule has 58 valence electrons. The maximum Gasteiger partial charge on any atom is 0.0242 e. The predicted molar refractivity (Wildman–Crippen MR) is 50.5 cm³/mol. The van der Waals surface area contributed by atoms with Crippen LogP contribution in [0.25, 0.3) is 0 Å². The van der Waals surface area contributed by atoms with Crippen molar-refractivity contribution < 1.29 is 0 Å². The number of benzene rings is 1. The van der Waals surface area contributed by atoms with Crippen LogP contribution in [0.15, 0.2) is 24.3 Å². The minimum absolute atomic E-state index is 0.945. The number of aryl methyl sites for hydroxylation is 1. The fraction of sp³-hybridized carbons (Fsp3) is 0.273. The van der Waals surface area contributed by atoms with Crippen molar-refractivity contribution in [2.24, 2.45) is 0 Å². The van der Waals surface area contributed by atoms with Crippen LogP contribution in [0.5, 0.6) is 0 Å². The standard InChI is InChI=1S/C9H8.C2H6/c1-3-9-6-4-8(2)5-7-9;1-2/h1,4-7H,2H3;1-2H3. The molecule has 1 aromatic carbocycles. The summed E-state index contributed by atoms with van der Waals surface area (Å²) in [4.78, 5) is 0. The lowest BCUT2D eigenvalue weighted by Gasteiger charge is -1.89. The minimum atomic E-state index is 0.945. The van der Waals surface area contributed by atoms with Crippen molar-refractivity contribution in [1.82, 2.24) is 0 Å². The van der Waals surface area contributed by atoms with Gasteiger partial charge in [0.2, 0.25) is 0 Å². The van der Waals surface area contributed by atoms with E-state index >= 15 is 0 Å². The maximum absolute atomic E-state index is 5.15. The summed E-state index contributed by atoms with van der Waals surface area (Å²) < 4.78 is 0. The lowest BCUT2D eigenvalue weighted by molar-refractivity contribution is 1.46. The molecule has 0 nitrogen and oxygen atoms in total. The number of terminal acetylenes is 1. The van der Waals surface area contributed by atoms with Crippen LogP contribution in [-0.4, -0.2) is 0 Å². The van der Waals surface area contributed by atoms with Crippen molar-refractivity contribution in [3.8, 4) is 12.3 Å². The van der Waals surface area contributed by atoms with Gasteiger partial charge in [0, 0.05) is 5.56 Å². The molecule has 0 saturated carbocycles. The fourth-order valence-corrected chi connectivity index (χ4v) is 0.650. The Labute approximate surface area is 69.3 Å². The largest absolute Gasteiger partial charge is 0.115 e. The van der Waals surface area contributed by atoms with Crippen LogP contribution in [0, 0.1) is 19.3 Å². The molecule has 0 aliphatic rings. The summed E-state index contributed by atoms with van der Waals surface area (Å²) in [5.41, 5.74) is 2.19. The molecule has 0 unspecified atom stereocenters. The van der Waals surface area contributed by atoms with Crippen LogP contribution in [0.1, 0.15) is 25.0 Å². The third kappa shape index (κ3) is 3.47. The first kappa shape index (κ1) is 9.78. The first-order valence-corrected chi connectivity index (χ1v) is 3.86. The van der Waals surface area contributed by atoms with E-state index in [0.717, 1.165) is 5.56 Å². The smallest absolute Gasteiger partial charge is 0.0242 e. The average molecular weight is 146 g/mol. The summed E-state index contributed by atoms with van der Waals surface area (Å²) >= 11 is 0. The zero-order chi connectivity index (χ0) is 8.69. The highest BCUT2D eigenvalue weighted by atomic mass is 13.9. The Bertz CT molecular complexity index is 223. The molecule has 0 amide bonds. The van der Waals surface area contributed by atoms with Gasteiger partial charge < -0.3 is 0 Å². The second kappa shape index (κ2) is 5.56. The molecule has 0 fully saturated rings. The SMILES string of the molecule is C#Cc1ccc(C)cc1.CC. The summed E-state index contributed by atoms with van der Waals surface area (Å²) in [5.74, 6) is 2.55. The van der Waals surface area contributed by atoms with Gasteiger partial charge >= 0.3 is 0 Å². The molecule has 0 aliphatic heterocycles. The van der Waals surface area contributed by atoms with E-state index in [-0.39, 0.29) is 0 Å². The molecular weight excluding hydrogens is 132 g/mol. The topological polar surface area (TPSA) is 0 Å². The van der Waals surface area contributed by atoms with Crippen molar-refractivity contribution in [1.29, 1.82) is 0 Å². The lowest BCUT2D eigenvalue weighted by Crippen LogP contribution is -1.72. The first-order valence-electron chi connectivity index (χ1n) is 3.86. The Hall–Kier alpha value is -1.22. The molecule has 0 heterocycles. The van der Waals surface area contributed by atoms with E-state index in [0.29, 0.717) is 0 Å². The van der Waals surface area contributed by atoms with Gasteiger partial charge in [-0.15, -0.1) is 6.42 Å². The van der Waals surface area contributed by atoms with Gasteiger partial charge in [-0.2, -0.15) is 0 Å². The van der Waals surface area contributed by atoms with E-state index < -0.39 is 0 Å². The third-order valence-electron chi connectivity index (χ3n) is 1.22. The van der Waals surface area contributed by atoms with Crippen LogP contribution < -0.4 is 0 Å². The molecule has 0 saturated heterocycles. The van der Waals surface area contributed by atoms with Crippen LogP contribution in [0.2, 0.25) is 0 Å². The van der Waals surface area contributed by atoms with Gasteiger partial charge in [-0.3, -0.25) is 0 Å². The zero-order valence-corrected chi connectivity index (χ0v) is 7.39. The predicted octanol–water partition coefficient (Wildman–Crippen LogP) is 3.00. The monoisotopic (exact) mass is 146 g/mol. The van der Waals surface area contributed by atoms with E-state index in [1.54, 1.807) is 0 Å². The van der Waals surface area contributed by atoms with Gasteiger partial charge in [-0.25, -0.2) is 0 Å². The summed E-state index contributed by atoms with van der Waals surface area (Å²) in [5, 5.41) is 0. The number of rotatable bonds is 0. The Morgan fingerprint density at radius 3 is 1.91 bits per heavy atom. The van der Waals surface area contributed by atoms with Crippen molar-refractivity contribution in [2.45, 2.75) is 20.8 Å². The molecular formula is C11H14. The van der Waals surface area contributed by atoms with Crippen LogP contribution >= 0.6 is 0 Å². The Morgan fingerprint density at radius 2 is 1.55 bits per heavy atom. The molecule has 0 radical (unpaired) electrons. The van der Waals surface area contributed by atoms with Crippen LogP contribution in [-0.2, 0) is 0 Å². The summed E-state index contributed by atoms with van der Waals surface area (Å²) in [6, 6.07) is 7.90. The lowest BCUT2D eigenvalue weighted by atomic mass is 10.2. The summed E-state index contributed by atoms with van der Waals surface area (Å²) in [7, 11) is 0. The van der Waals surface area contributed by atoms with E-state index in [1.807, 2.05) is 45.0 Å². The molecule has 11 heavy (non-hydrogen) atoms. The normalized spacial score (nSPS) is 7.45. The summed E-state index contributed by atoms with van der Waals surface area (Å²) in [6.07, 6.45) is 5.15. The van der Waals surface area contributed by atoms with Gasteiger partial charge in [0.1, 0.15) is 0 Å². The first-order chi connectivity index (χ1) is 5.33. The highest BCUT2D eigenvalue weighted by Gasteiger charge is 1.82. The Morgan fingerprint density at radius 1 is 1.09 bits per heavy atom. The quantitative estimate of drug-likeness (QED) is 0.493. The molecule has 0 aromatic heterocycles. The molecule has 0 aliphatic carbocycles. The van der Waals surface area contributed by atoms with Crippen molar-refractivity contribution >= 4 is 0 Å². The molecule has 0 bridgehead atoms. The fourth-order valence-electron chi connectivity index (χ4n) is 0.650. The van der Waals surface area contributed by atoms with Crippen LogP contribution in [0.4, 0.5) is 0 Å². The van der Waals surface area contributed by atoms with E-state index in [4.69, 9.17) is 6.42 Å². The number of hydrogen-bond acceptors (Lipinski definition) is 0. The second-order valence-corrected chi connectivity index (χ2v) is 2.01. The minimum Gasteiger partial charge on any atom is -0.115 e. The molecule has 1 aromatic rings. The molecule has 0 heteroatoms. The van der Waals surface area contributed by atoms with Gasteiger partial charge in [-0.1, -0.05) is 37.5 Å². The zero-order valence-electron chi connectivity index (χ0n) is 7.39. The number of hydrogen-bond donors (Lipinski definition) is 0. The molecule has 0 atom stereocenters. The van der Waals surface area contributed by atoms with Crippen molar-refractivity contribution in [3.63, 3.8) is 0 Å². The molecule has 1 rings (SSSR count). The van der Waals surface area contributed by atoms with E-state index in [9.17, 15) is 0 Å². The van der Waals surface area contributed by atoms with Gasteiger partial charge in [0.05, 0.1) is 0 Å². The van der Waals surface area contributed by atoms with E-state index in [2.05, 4.69) is 5.92 Å². The van der Waals surface area contributed by atoms with Crippen LogP contribution in [0.3, 0.4) is 0 Å². The van der Waals surface area contributed by atoms with E-state index in [1.165, 1.54) is 5.56 Å². The van der Waals surface area contributed by atoms with Crippen molar-refractivity contribution in [2.75, 3.05) is 0 Å². The molecule has 0 spiro atoms. The van der Waals surface area contributed by atoms with Gasteiger partial charge in [0.15, 0.2) is 0 Å². The highest BCUT2D eigenvalue weighted by Crippen LogP contribution is 1.99. The average Bonchev–Trinajstić information content (AvgIpc) is 2.10. The third-order valence-corrected chi connectivity index (χ3v) is 1.22. The second-order valence-electron chi connectivity index (χ2n) is 2.01. The van der Waals surface area contributed by atoms with Gasteiger partial charge in [0.25, 0.3) is 0 Å². The Balaban J connectivity index is 0.000000461. The summed E-state index contributed by atoms with van der Waals surface area (Å²) in [6.45, 7) is 6.04. The Kier molecular flexibility index (Phi) is 4.94. The molecule has 0 N–H and O–H groups in total. The highest BCUT2D eigenvalue weighted by molar-refractivity contribution is 5.33. The van der Waals surface area contributed by atoms with Gasteiger partial charge in [-0.05, 0) is 19.1 Å².